The monoisotopic (exact) mass is 408 g/mol. The first-order valence-electron chi connectivity index (χ1n) is 9.55. The van der Waals surface area contributed by atoms with E-state index in [9.17, 15) is 9.59 Å². The Labute approximate surface area is 172 Å². The molecule has 0 bridgehead atoms. The fourth-order valence-electron chi connectivity index (χ4n) is 4.37. The molecule has 30 heavy (non-hydrogen) atoms. The fourth-order valence-corrected chi connectivity index (χ4v) is 4.37. The molecule has 154 valence electrons. The van der Waals surface area contributed by atoms with Gasteiger partial charge < -0.3 is 23.9 Å². The molecule has 8 heteroatoms. The minimum atomic E-state index is -0.829. The van der Waals surface area contributed by atoms with Crippen molar-refractivity contribution in [2.24, 2.45) is 0 Å². The molecule has 2 aliphatic heterocycles. The molecule has 0 saturated heterocycles. The van der Waals surface area contributed by atoms with Crippen LogP contribution in [0.5, 0.6) is 11.5 Å². The summed E-state index contributed by atoms with van der Waals surface area (Å²) >= 11 is 0. The van der Waals surface area contributed by atoms with Crippen LogP contribution < -0.4 is 9.47 Å². The van der Waals surface area contributed by atoms with Crippen molar-refractivity contribution < 1.29 is 28.5 Å². The third-order valence-electron chi connectivity index (χ3n) is 5.70. The van der Waals surface area contributed by atoms with Gasteiger partial charge in [0.05, 0.1) is 14.2 Å². The van der Waals surface area contributed by atoms with E-state index in [1.165, 1.54) is 19.1 Å². The van der Waals surface area contributed by atoms with Crippen LogP contribution in [-0.4, -0.2) is 49.0 Å². The number of aromatic amines is 1. The highest BCUT2D eigenvalue weighted by atomic mass is 16.7. The number of rotatable bonds is 2. The first kappa shape index (κ1) is 18.4. The van der Waals surface area contributed by atoms with Crippen molar-refractivity contribution in [3.05, 3.63) is 59.3 Å². The molecule has 3 heterocycles. The number of ether oxygens (including phenoxy) is 4. The van der Waals surface area contributed by atoms with Gasteiger partial charge in [-0.3, -0.25) is 4.90 Å². The van der Waals surface area contributed by atoms with E-state index in [2.05, 4.69) is 4.98 Å². The number of aromatic nitrogens is 1. The molecule has 5 rings (SSSR count). The molecule has 1 amide bonds. The van der Waals surface area contributed by atoms with Gasteiger partial charge in [0, 0.05) is 23.0 Å². The van der Waals surface area contributed by atoms with Crippen molar-refractivity contribution in [3.8, 4) is 11.5 Å². The Morgan fingerprint density at radius 2 is 1.87 bits per heavy atom. The van der Waals surface area contributed by atoms with Crippen LogP contribution in [0.25, 0.3) is 10.9 Å². The van der Waals surface area contributed by atoms with Gasteiger partial charge in [-0.2, -0.15) is 0 Å². The summed E-state index contributed by atoms with van der Waals surface area (Å²) in [5.74, 6) is 0.734. The summed E-state index contributed by atoms with van der Waals surface area (Å²) < 4.78 is 21.0. The Morgan fingerprint density at radius 1 is 1.07 bits per heavy atom. The Hall–Kier alpha value is -3.68. The van der Waals surface area contributed by atoms with Crippen molar-refractivity contribution in [3.63, 3.8) is 0 Å². The van der Waals surface area contributed by atoms with Crippen molar-refractivity contribution in [1.82, 2.24) is 9.88 Å². The second-order valence-corrected chi connectivity index (χ2v) is 7.20. The molecular formula is C22H20N2O6. The second kappa shape index (κ2) is 6.98. The predicted molar refractivity (Wildman–Crippen MR) is 106 cm³/mol. The summed E-state index contributed by atoms with van der Waals surface area (Å²) in [7, 11) is 2.62. The van der Waals surface area contributed by atoms with Gasteiger partial charge in [-0.05, 0) is 29.3 Å². The maximum absolute atomic E-state index is 12.9. The maximum atomic E-state index is 12.9. The summed E-state index contributed by atoms with van der Waals surface area (Å²) in [4.78, 5) is 30.4. The number of methoxy groups -OCH3 is 2. The number of benzene rings is 2. The molecule has 0 unspecified atom stereocenters. The minimum Gasteiger partial charge on any atom is -0.467 e. The zero-order valence-electron chi connectivity index (χ0n) is 16.5. The van der Waals surface area contributed by atoms with E-state index < -0.39 is 24.1 Å². The fraction of sp³-hybridized carbons (Fsp3) is 0.273. The number of amides is 1. The topological polar surface area (TPSA) is 90.1 Å². The lowest BCUT2D eigenvalue weighted by molar-refractivity contribution is -0.147. The molecule has 3 aromatic rings. The summed E-state index contributed by atoms with van der Waals surface area (Å²) in [6, 6.07) is 11.9. The van der Waals surface area contributed by atoms with Crippen molar-refractivity contribution in [2.45, 2.75) is 18.5 Å². The molecule has 0 spiro atoms. The summed E-state index contributed by atoms with van der Waals surface area (Å²) in [5, 5.41) is 1.01. The molecule has 2 aromatic carbocycles. The Balaban J connectivity index is 1.75. The van der Waals surface area contributed by atoms with Gasteiger partial charge in [0.2, 0.25) is 6.79 Å². The van der Waals surface area contributed by atoms with Crippen molar-refractivity contribution >= 4 is 23.0 Å². The quantitative estimate of drug-likeness (QED) is 0.655. The SMILES string of the molecule is COC(=O)[C@H]1Cc2c([nH]c3ccccc23)[C@@H](c2ccc3c(c2)OCO3)N1C(=O)OC. The third kappa shape index (κ3) is 2.67. The van der Waals surface area contributed by atoms with E-state index in [0.29, 0.717) is 17.9 Å². The Bertz CT molecular complexity index is 1150. The first-order chi connectivity index (χ1) is 14.6. The van der Waals surface area contributed by atoms with Crippen LogP contribution >= 0.6 is 0 Å². The first-order valence-corrected chi connectivity index (χ1v) is 9.55. The Morgan fingerprint density at radius 3 is 2.67 bits per heavy atom. The molecule has 0 fully saturated rings. The van der Waals surface area contributed by atoms with Gasteiger partial charge in [0.1, 0.15) is 12.1 Å². The molecule has 2 atom stereocenters. The predicted octanol–water partition coefficient (Wildman–Crippen LogP) is 3.15. The number of H-pyrrole nitrogens is 1. The smallest absolute Gasteiger partial charge is 0.411 e. The molecule has 0 radical (unpaired) electrons. The lowest BCUT2D eigenvalue weighted by Crippen LogP contribution is -2.51. The van der Waals surface area contributed by atoms with Crippen LogP contribution in [0.4, 0.5) is 4.79 Å². The van der Waals surface area contributed by atoms with Crippen molar-refractivity contribution in [2.75, 3.05) is 21.0 Å². The third-order valence-corrected chi connectivity index (χ3v) is 5.70. The number of hydrogen-bond acceptors (Lipinski definition) is 6. The molecule has 1 N–H and O–H groups in total. The van der Waals surface area contributed by atoms with E-state index in [0.717, 1.165) is 27.7 Å². The van der Waals surface area contributed by atoms with Gasteiger partial charge in [0.15, 0.2) is 11.5 Å². The molecule has 1 aromatic heterocycles. The normalized spacial score (nSPS) is 19.5. The highest BCUT2D eigenvalue weighted by Gasteiger charge is 2.45. The van der Waals surface area contributed by atoms with E-state index >= 15 is 0 Å². The summed E-state index contributed by atoms with van der Waals surface area (Å²) in [6.07, 6.45) is -0.292. The number of hydrogen-bond donors (Lipinski definition) is 1. The van der Waals surface area contributed by atoms with Gasteiger partial charge in [-0.25, -0.2) is 9.59 Å². The molecule has 0 saturated carbocycles. The zero-order chi connectivity index (χ0) is 20.8. The van der Waals surface area contributed by atoms with Crippen LogP contribution in [0.3, 0.4) is 0 Å². The van der Waals surface area contributed by atoms with Crippen LogP contribution in [0.15, 0.2) is 42.5 Å². The van der Waals surface area contributed by atoms with Gasteiger partial charge in [-0.15, -0.1) is 0 Å². The Kier molecular flexibility index (Phi) is 4.27. The van der Waals surface area contributed by atoms with E-state index in [1.54, 1.807) is 6.07 Å². The largest absolute Gasteiger partial charge is 0.467 e. The summed E-state index contributed by atoms with van der Waals surface area (Å²) in [6.45, 7) is 0.145. The number of carbonyl (C=O) groups is 2. The van der Waals surface area contributed by atoms with Gasteiger partial charge in [0.25, 0.3) is 0 Å². The van der Waals surface area contributed by atoms with Crippen LogP contribution in [0.2, 0.25) is 0 Å². The van der Waals surface area contributed by atoms with E-state index in [1.807, 2.05) is 36.4 Å². The van der Waals surface area contributed by atoms with Crippen LogP contribution in [0.1, 0.15) is 22.9 Å². The number of para-hydroxylation sites is 1. The highest BCUT2D eigenvalue weighted by molar-refractivity contribution is 5.89. The second-order valence-electron chi connectivity index (χ2n) is 7.20. The lowest BCUT2D eigenvalue weighted by Gasteiger charge is -2.39. The van der Waals surface area contributed by atoms with Crippen molar-refractivity contribution in [1.29, 1.82) is 0 Å². The van der Waals surface area contributed by atoms with Gasteiger partial charge >= 0.3 is 12.1 Å². The number of nitrogens with zero attached hydrogens (tertiary/aromatic N) is 1. The van der Waals surface area contributed by atoms with Gasteiger partial charge in [-0.1, -0.05) is 24.3 Å². The number of nitrogens with one attached hydrogen (secondary N) is 1. The molecule has 2 aliphatic rings. The average molecular weight is 408 g/mol. The minimum absolute atomic E-state index is 0.145. The van der Waals surface area contributed by atoms with Crippen LogP contribution in [-0.2, 0) is 20.7 Å². The van der Waals surface area contributed by atoms with E-state index in [-0.39, 0.29) is 6.79 Å². The van der Waals surface area contributed by atoms with Crippen LogP contribution in [0, 0.1) is 0 Å². The number of esters is 1. The zero-order valence-corrected chi connectivity index (χ0v) is 16.5. The molecule has 0 aliphatic carbocycles. The molecule has 8 nitrogen and oxygen atoms in total. The van der Waals surface area contributed by atoms with E-state index in [4.69, 9.17) is 18.9 Å². The standard InChI is InChI=1S/C22H20N2O6/c1-27-21(25)16-10-14-13-5-3-4-6-15(13)23-19(14)20(24(16)22(26)28-2)12-7-8-17-18(9-12)30-11-29-17/h3-9,16,20,23H,10-11H2,1-2H3/t16-,20-/m1/s1. The number of fused-ring (bicyclic) bond motifs is 4. The summed E-state index contributed by atoms with van der Waals surface area (Å²) in [5.41, 5.74) is 3.51. The highest BCUT2D eigenvalue weighted by Crippen LogP contribution is 2.44. The lowest BCUT2D eigenvalue weighted by atomic mass is 9.88. The average Bonchev–Trinajstić information content (AvgIpc) is 3.40. The number of carbonyl (C=O) groups excluding carboxylic acids is 2. The molecular weight excluding hydrogens is 388 g/mol. The maximum Gasteiger partial charge on any atom is 0.411 e.